The Kier molecular flexibility index (Phi) is 6.65. The monoisotopic (exact) mass is 428 g/mol. The number of allylic oxidation sites excluding steroid dienone is 1. The molecule has 3 aliphatic rings. The molecule has 2 aliphatic heterocycles. The number of amides is 1. The van der Waals surface area contributed by atoms with Crippen molar-refractivity contribution in [2.75, 3.05) is 40.5 Å². The molecule has 168 valence electrons. The quantitative estimate of drug-likeness (QED) is 0.656. The predicted molar refractivity (Wildman–Crippen MR) is 117 cm³/mol. The Morgan fingerprint density at radius 2 is 1.97 bits per heavy atom. The highest BCUT2D eigenvalue weighted by molar-refractivity contribution is 5.94. The van der Waals surface area contributed by atoms with Gasteiger partial charge in [0, 0.05) is 12.1 Å². The molecule has 1 aromatic heterocycles. The second-order valence-electron chi connectivity index (χ2n) is 8.38. The zero-order chi connectivity index (χ0) is 21.8. The van der Waals surface area contributed by atoms with Gasteiger partial charge in [-0.05, 0) is 49.8 Å². The first-order valence-corrected chi connectivity index (χ1v) is 11.0. The Labute approximate surface area is 183 Å². The topological polar surface area (TPSA) is 98.9 Å². The van der Waals surface area contributed by atoms with E-state index in [1.165, 1.54) is 12.8 Å². The van der Waals surface area contributed by atoms with Gasteiger partial charge >= 0.3 is 0 Å². The van der Waals surface area contributed by atoms with Crippen molar-refractivity contribution < 1.29 is 19.0 Å². The van der Waals surface area contributed by atoms with Crippen molar-refractivity contribution in [2.45, 2.75) is 32.1 Å². The maximum Gasteiger partial charge on any atom is 0.278 e. The third-order valence-electron chi connectivity index (χ3n) is 6.28. The van der Waals surface area contributed by atoms with Gasteiger partial charge in [0.05, 0.1) is 33.6 Å². The minimum atomic E-state index is -0.266. The van der Waals surface area contributed by atoms with E-state index >= 15 is 0 Å². The molecule has 1 saturated carbocycles. The molecule has 1 aromatic rings. The van der Waals surface area contributed by atoms with E-state index in [9.17, 15) is 4.79 Å². The molecule has 1 amide bonds. The standard InChI is InChI=1S/C23H32N4O4/c1-29-19-12-22(24)27(14-17(19)16-5-8-25-9-6-16)23(28)18-11-20(30-2)21(13-26-18)31-10-7-15-3-4-15/h11-13,15-16,25H,3-10,14,24H2,1-2H3. The highest BCUT2D eigenvalue weighted by Crippen LogP contribution is 2.34. The van der Waals surface area contributed by atoms with Gasteiger partial charge in [0.15, 0.2) is 11.5 Å². The molecule has 3 N–H and O–H groups in total. The number of hydrogen-bond donors (Lipinski definition) is 2. The number of nitrogens with one attached hydrogen (secondary N) is 1. The zero-order valence-electron chi connectivity index (χ0n) is 18.4. The van der Waals surface area contributed by atoms with E-state index in [-0.39, 0.29) is 11.6 Å². The van der Waals surface area contributed by atoms with Crippen LogP contribution in [-0.4, -0.2) is 56.3 Å². The minimum absolute atomic E-state index is 0.266. The highest BCUT2D eigenvalue weighted by Gasteiger charge is 2.31. The predicted octanol–water partition coefficient (Wildman–Crippen LogP) is 2.43. The van der Waals surface area contributed by atoms with Crippen molar-refractivity contribution in [3.63, 3.8) is 0 Å². The van der Waals surface area contributed by atoms with E-state index in [1.807, 2.05) is 0 Å². The number of piperidine rings is 1. The summed E-state index contributed by atoms with van der Waals surface area (Å²) in [7, 11) is 3.21. The van der Waals surface area contributed by atoms with E-state index in [0.29, 0.717) is 36.4 Å². The number of hydrogen-bond acceptors (Lipinski definition) is 7. The SMILES string of the molecule is COC1=C(C2CCNCC2)CN(C(=O)c2cc(OC)c(OCCC3CC3)cn2)C(N)=C1. The maximum atomic E-state index is 13.3. The van der Waals surface area contributed by atoms with E-state index < -0.39 is 0 Å². The van der Waals surface area contributed by atoms with E-state index in [0.717, 1.165) is 49.6 Å². The second-order valence-corrected chi connectivity index (χ2v) is 8.38. The molecule has 0 bridgehead atoms. The first kappa shape index (κ1) is 21.5. The van der Waals surface area contributed by atoms with Gasteiger partial charge in [-0.2, -0.15) is 0 Å². The van der Waals surface area contributed by atoms with E-state index in [4.69, 9.17) is 19.9 Å². The van der Waals surface area contributed by atoms with Crippen LogP contribution in [0, 0.1) is 11.8 Å². The molecule has 8 nitrogen and oxygen atoms in total. The minimum Gasteiger partial charge on any atom is -0.497 e. The molecule has 0 radical (unpaired) electrons. The van der Waals surface area contributed by atoms with Gasteiger partial charge in [-0.25, -0.2) is 4.98 Å². The highest BCUT2D eigenvalue weighted by atomic mass is 16.5. The van der Waals surface area contributed by atoms with Gasteiger partial charge in [-0.3, -0.25) is 9.69 Å². The average molecular weight is 429 g/mol. The molecule has 8 heteroatoms. The van der Waals surface area contributed by atoms with Crippen molar-refractivity contribution >= 4 is 5.91 Å². The number of carbonyl (C=O) groups excluding carboxylic acids is 1. The molecule has 0 unspecified atom stereocenters. The summed E-state index contributed by atoms with van der Waals surface area (Å²) in [5.41, 5.74) is 7.61. The Hall–Kier alpha value is -2.74. The zero-order valence-corrected chi connectivity index (χ0v) is 18.4. The smallest absolute Gasteiger partial charge is 0.278 e. The van der Waals surface area contributed by atoms with E-state index in [1.54, 1.807) is 37.5 Å². The van der Waals surface area contributed by atoms with Gasteiger partial charge in [0.25, 0.3) is 5.91 Å². The van der Waals surface area contributed by atoms with Crippen molar-refractivity contribution in [3.05, 3.63) is 41.2 Å². The van der Waals surface area contributed by atoms with Gasteiger partial charge in [-0.15, -0.1) is 0 Å². The molecule has 1 saturated heterocycles. The molecule has 0 spiro atoms. The maximum absolute atomic E-state index is 13.3. The number of pyridine rings is 1. The number of carbonyl (C=O) groups is 1. The van der Waals surface area contributed by atoms with Crippen molar-refractivity contribution in [2.24, 2.45) is 17.6 Å². The lowest BCUT2D eigenvalue weighted by Crippen LogP contribution is -2.41. The number of rotatable bonds is 8. The van der Waals surface area contributed by atoms with Crippen LogP contribution < -0.4 is 20.5 Å². The van der Waals surface area contributed by atoms with Crippen LogP contribution in [0.5, 0.6) is 11.5 Å². The molecule has 0 aromatic carbocycles. The van der Waals surface area contributed by atoms with Crippen LogP contribution in [0.1, 0.15) is 42.6 Å². The molecule has 0 atom stereocenters. The normalized spacial score (nSPS) is 19.8. The number of nitrogens with zero attached hydrogens (tertiary/aromatic N) is 2. The summed E-state index contributed by atoms with van der Waals surface area (Å²) in [5, 5.41) is 3.38. The van der Waals surface area contributed by atoms with Gasteiger partial charge in [-0.1, -0.05) is 12.8 Å². The van der Waals surface area contributed by atoms with Crippen LogP contribution >= 0.6 is 0 Å². The molecule has 1 aliphatic carbocycles. The summed E-state index contributed by atoms with van der Waals surface area (Å²) in [4.78, 5) is 19.2. The fraction of sp³-hybridized carbons (Fsp3) is 0.565. The van der Waals surface area contributed by atoms with Gasteiger partial charge < -0.3 is 25.3 Å². The Bertz CT molecular complexity index is 872. The largest absolute Gasteiger partial charge is 0.497 e. The van der Waals surface area contributed by atoms with Crippen LogP contribution in [0.4, 0.5) is 0 Å². The number of aromatic nitrogens is 1. The first-order chi connectivity index (χ1) is 15.1. The second kappa shape index (κ2) is 9.60. The van der Waals surface area contributed by atoms with E-state index in [2.05, 4.69) is 10.3 Å². The van der Waals surface area contributed by atoms with Gasteiger partial charge in [0.2, 0.25) is 0 Å². The fourth-order valence-corrected chi connectivity index (χ4v) is 4.21. The summed E-state index contributed by atoms with van der Waals surface area (Å²) in [6.45, 7) is 2.94. The molecule has 2 fully saturated rings. The average Bonchev–Trinajstić information content (AvgIpc) is 3.63. The summed E-state index contributed by atoms with van der Waals surface area (Å²) in [5.74, 6) is 3.05. The fourth-order valence-electron chi connectivity index (χ4n) is 4.21. The molecule has 3 heterocycles. The molecule has 4 rings (SSSR count). The third-order valence-corrected chi connectivity index (χ3v) is 6.28. The Balaban J connectivity index is 1.50. The molecular weight excluding hydrogens is 396 g/mol. The number of ether oxygens (including phenoxy) is 3. The molecule has 31 heavy (non-hydrogen) atoms. The Morgan fingerprint density at radius 1 is 1.19 bits per heavy atom. The lowest BCUT2D eigenvalue weighted by atomic mass is 9.87. The molecular formula is C23H32N4O4. The van der Waals surface area contributed by atoms with Crippen LogP contribution in [0.2, 0.25) is 0 Å². The summed E-state index contributed by atoms with van der Waals surface area (Å²) < 4.78 is 16.9. The van der Waals surface area contributed by atoms with Crippen LogP contribution in [0.25, 0.3) is 0 Å². The first-order valence-electron chi connectivity index (χ1n) is 11.0. The van der Waals surface area contributed by atoms with Crippen LogP contribution in [0.3, 0.4) is 0 Å². The van der Waals surface area contributed by atoms with Crippen LogP contribution in [-0.2, 0) is 4.74 Å². The lowest BCUT2D eigenvalue weighted by molar-refractivity contribution is 0.0797. The van der Waals surface area contributed by atoms with Crippen molar-refractivity contribution in [3.8, 4) is 11.5 Å². The van der Waals surface area contributed by atoms with Crippen molar-refractivity contribution in [1.29, 1.82) is 0 Å². The summed E-state index contributed by atoms with van der Waals surface area (Å²) in [6.07, 6.45) is 8.93. The lowest BCUT2D eigenvalue weighted by Gasteiger charge is -2.34. The Morgan fingerprint density at radius 3 is 2.65 bits per heavy atom. The summed E-state index contributed by atoms with van der Waals surface area (Å²) in [6, 6.07) is 1.63. The number of methoxy groups -OCH3 is 2. The third kappa shape index (κ3) is 4.95. The number of nitrogens with two attached hydrogens (primary N) is 1. The van der Waals surface area contributed by atoms with Crippen LogP contribution in [0.15, 0.2) is 35.5 Å². The van der Waals surface area contributed by atoms with Gasteiger partial charge in [0.1, 0.15) is 17.3 Å². The summed E-state index contributed by atoms with van der Waals surface area (Å²) >= 11 is 0. The van der Waals surface area contributed by atoms with Crippen molar-refractivity contribution in [1.82, 2.24) is 15.2 Å².